The average Bonchev–Trinajstić information content (AvgIpc) is 3.68. The molecule has 0 unspecified atom stereocenters. The van der Waals surface area contributed by atoms with Crippen molar-refractivity contribution in [2.24, 2.45) is 7.05 Å². The number of aromatic nitrogens is 3. The number of anilines is 2. The van der Waals surface area contributed by atoms with Gasteiger partial charge < -0.3 is 5.32 Å². The molecule has 0 aliphatic heterocycles. The maximum atomic E-state index is 14.6. The van der Waals surface area contributed by atoms with Crippen LogP contribution in [-0.4, -0.2) is 19.5 Å². The molecule has 10 heteroatoms. The van der Waals surface area contributed by atoms with Crippen molar-refractivity contribution >= 4 is 44.1 Å². The molecule has 4 aromatic rings. The summed E-state index contributed by atoms with van der Waals surface area (Å²) >= 11 is 3.21. The van der Waals surface area contributed by atoms with E-state index in [1.54, 1.807) is 37.3 Å². The van der Waals surface area contributed by atoms with Gasteiger partial charge in [-0.15, -0.1) is 0 Å². The summed E-state index contributed by atoms with van der Waals surface area (Å²) in [5, 5.41) is 2.95. The minimum atomic E-state index is -0.599. The zero-order valence-electron chi connectivity index (χ0n) is 19.5. The molecule has 1 N–H and O–H groups in total. The van der Waals surface area contributed by atoms with E-state index in [2.05, 4.69) is 21.2 Å². The molecule has 0 spiro atoms. The largest absolute Gasteiger partial charge is 0.352 e. The average molecular weight is 553 g/mol. The van der Waals surface area contributed by atoms with Crippen LogP contribution in [0.1, 0.15) is 42.6 Å². The molecule has 0 amide bonds. The SMILES string of the molecule is CCC(=O)c1cccc(-n2c(=O)n(C3CC3)c(=O)c3c(Nc4ccc(Br)cc4F)cc(=O)n(C)c32)c1. The van der Waals surface area contributed by atoms with Gasteiger partial charge in [-0.1, -0.05) is 35.0 Å². The summed E-state index contributed by atoms with van der Waals surface area (Å²) in [6, 6.07) is 11.9. The summed E-state index contributed by atoms with van der Waals surface area (Å²) in [5.74, 6) is -0.688. The van der Waals surface area contributed by atoms with Crippen LogP contribution in [0, 0.1) is 5.82 Å². The first-order valence-electron chi connectivity index (χ1n) is 11.5. The molecule has 1 saturated carbocycles. The van der Waals surface area contributed by atoms with E-state index in [4.69, 9.17) is 0 Å². The lowest BCUT2D eigenvalue weighted by molar-refractivity contribution is 0.0988. The molecule has 184 valence electrons. The quantitative estimate of drug-likeness (QED) is 0.357. The van der Waals surface area contributed by atoms with E-state index in [-0.39, 0.29) is 40.7 Å². The van der Waals surface area contributed by atoms with E-state index in [0.29, 0.717) is 28.6 Å². The smallest absolute Gasteiger partial charge is 0.337 e. The van der Waals surface area contributed by atoms with Crippen LogP contribution in [0.3, 0.4) is 0 Å². The Labute approximate surface area is 212 Å². The molecule has 2 aromatic carbocycles. The van der Waals surface area contributed by atoms with Gasteiger partial charge in [-0.2, -0.15) is 0 Å². The Kier molecular flexibility index (Phi) is 5.99. The van der Waals surface area contributed by atoms with Crippen LogP contribution in [0.5, 0.6) is 0 Å². The summed E-state index contributed by atoms with van der Waals surface area (Å²) in [4.78, 5) is 52.7. The second kappa shape index (κ2) is 9.02. The Hall–Kier alpha value is -3.79. The minimum Gasteiger partial charge on any atom is -0.352 e. The van der Waals surface area contributed by atoms with Crippen LogP contribution in [0.15, 0.2) is 67.4 Å². The van der Waals surface area contributed by atoms with Gasteiger partial charge in [0.1, 0.15) is 16.9 Å². The van der Waals surface area contributed by atoms with Crippen molar-refractivity contribution in [1.29, 1.82) is 0 Å². The third kappa shape index (κ3) is 4.01. The van der Waals surface area contributed by atoms with Crippen LogP contribution < -0.4 is 22.1 Å². The van der Waals surface area contributed by atoms with Crippen LogP contribution in [0.25, 0.3) is 16.7 Å². The lowest BCUT2D eigenvalue weighted by atomic mass is 10.1. The normalized spacial score (nSPS) is 13.2. The molecular weight excluding hydrogens is 531 g/mol. The van der Waals surface area contributed by atoms with Gasteiger partial charge >= 0.3 is 5.69 Å². The lowest BCUT2D eigenvalue weighted by Gasteiger charge is -2.19. The third-order valence-electron chi connectivity index (χ3n) is 6.31. The molecule has 0 saturated heterocycles. The number of benzene rings is 2. The Morgan fingerprint density at radius 3 is 2.50 bits per heavy atom. The van der Waals surface area contributed by atoms with E-state index < -0.39 is 22.6 Å². The third-order valence-corrected chi connectivity index (χ3v) is 6.80. The maximum Gasteiger partial charge on any atom is 0.337 e. The Morgan fingerprint density at radius 1 is 1.08 bits per heavy atom. The Morgan fingerprint density at radius 2 is 1.83 bits per heavy atom. The van der Waals surface area contributed by atoms with Crippen molar-refractivity contribution < 1.29 is 9.18 Å². The second-order valence-electron chi connectivity index (χ2n) is 8.75. The first kappa shape index (κ1) is 23.9. The summed E-state index contributed by atoms with van der Waals surface area (Å²) < 4.78 is 18.9. The molecule has 0 bridgehead atoms. The van der Waals surface area contributed by atoms with Gasteiger partial charge in [0, 0.05) is 35.6 Å². The standard InChI is InChI=1S/C26H22BrFN4O4/c1-3-21(33)14-5-4-6-17(11-14)31-24-23(25(35)32(26(31)36)16-8-9-16)20(13-22(34)30(24)2)29-19-10-7-15(27)12-18(19)28/h4-7,10-13,16,29H,3,8-9H2,1-2H3. The number of nitrogens with one attached hydrogen (secondary N) is 1. The Bertz CT molecular complexity index is 1730. The Balaban J connectivity index is 1.88. The van der Waals surface area contributed by atoms with Crippen LogP contribution in [0.2, 0.25) is 0 Å². The monoisotopic (exact) mass is 552 g/mol. The van der Waals surface area contributed by atoms with Gasteiger partial charge in [-0.3, -0.25) is 23.5 Å². The number of fused-ring (bicyclic) bond motifs is 1. The molecule has 2 heterocycles. The van der Waals surface area contributed by atoms with E-state index in [0.717, 1.165) is 0 Å². The van der Waals surface area contributed by atoms with Gasteiger partial charge in [-0.25, -0.2) is 13.8 Å². The van der Waals surface area contributed by atoms with Gasteiger partial charge in [0.15, 0.2) is 5.78 Å². The van der Waals surface area contributed by atoms with Gasteiger partial charge in [0.2, 0.25) is 0 Å². The molecule has 0 atom stereocenters. The lowest BCUT2D eigenvalue weighted by Crippen LogP contribution is -2.41. The van der Waals surface area contributed by atoms with Gasteiger partial charge in [0.05, 0.1) is 17.1 Å². The maximum absolute atomic E-state index is 14.6. The van der Waals surface area contributed by atoms with E-state index in [9.17, 15) is 23.6 Å². The molecule has 36 heavy (non-hydrogen) atoms. The zero-order chi connectivity index (χ0) is 25.7. The van der Waals surface area contributed by atoms with E-state index in [1.165, 1.54) is 38.9 Å². The highest BCUT2D eigenvalue weighted by atomic mass is 79.9. The number of rotatable bonds is 6. The highest BCUT2D eigenvalue weighted by Gasteiger charge is 2.31. The predicted molar refractivity (Wildman–Crippen MR) is 139 cm³/mol. The molecule has 0 radical (unpaired) electrons. The fourth-order valence-corrected chi connectivity index (χ4v) is 4.64. The van der Waals surface area contributed by atoms with Crippen LogP contribution in [0.4, 0.5) is 15.8 Å². The number of carbonyl (C=O) groups excluding carboxylic acids is 1. The van der Waals surface area contributed by atoms with E-state index in [1.807, 2.05) is 0 Å². The molecule has 1 aliphatic carbocycles. The summed E-state index contributed by atoms with van der Waals surface area (Å²) in [7, 11) is 1.46. The van der Waals surface area contributed by atoms with Crippen LogP contribution >= 0.6 is 15.9 Å². The highest BCUT2D eigenvalue weighted by molar-refractivity contribution is 9.10. The predicted octanol–water partition coefficient (Wildman–Crippen LogP) is 4.42. The van der Waals surface area contributed by atoms with Crippen molar-refractivity contribution in [2.45, 2.75) is 32.2 Å². The first-order valence-corrected chi connectivity index (χ1v) is 12.3. The van der Waals surface area contributed by atoms with Gasteiger partial charge in [0.25, 0.3) is 11.1 Å². The minimum absolute atomic E-state index is 0.0514. The molecule has 1 fully saturated rings. The molecule has 1 aliphatic rings. The van der Waals surface area contributed by atoms with Crippen molar-refractivity contribution in [3.8, 4) is 5.69 Å². The molecule has 2 aromatic heterocycles. The summed E-state index contributed by atoms with van der Waals surface area (Å²) in [5.41, 5.74) is -0.698. The number of carbonyl (C=O) groups is 1. The number of pyridine rings is 1. The van der Waals surface area contributed by atoms with Gasteiger partial charge in [-0.05, 0) is 43.2 Å². The number of nitrogens with zero attached hydrogens (tertiary/aromatic N) is 3. The van der Waals surface area contributed by atoms with Crippen LogP contribution in [-0.2, 0) is 7.05 Å². The topological polar surface area (TPSA) is 95.1 Å². The zero-order valence-corrected chi connectivity index (χ0v) is 21.1. The summed E-state index contributed by atoms with van der Waals surface area (Å²) in [6.07, 6.45) is 1.63. The fraction of sp³-hybridized carbons (Fsp3) is 0.231. The molecule has 8 nitrogen and oxygen atoms in total. The number of hydrogen-bond donors (Lipinski definition) is 1. The van der Waals surface area contributed by atoms with Crippen molar-refractivity contribution in [2.75, 3.05) is 5.32 Å². The van der Waals surface area contributed by atoms with E-state index >= 15 is 0 Å². The first-order chi connectivity index (χ1) is 17.2. The molecule has 5 rings (SSSR count). The molecular formula is C26H22BrFN4O4. The number of halogens is 2. The second-order valence-corrected chi connectivity index (χ2v) is 9.67. The highest BCUT2D eigenvalue weighted by Crippen LogP contribution is 2.34. The summed E-state index contributed by atoms with van der Waals surface area (Å²) in [6.45, 7) is 1.74. The fourth-order valence-electron chi connectivity index (χ4n) is 4.31. The number of Topliss-reactive ketones (excluding diaryl/α,β-unsaturated/α-hetero) is 1. The number of aryl methyl sites for hydroxylation is 1. The van der Waals surface area contributed by atoms with Crippen molar-refractivity contribution in [3.63, 3.8) is 0 Å². The van der Waals surface area contributed by atoms with Crippen molar-refractivity contribution in [3.05, 3.63) is 95.6 Å². The van der Waals surface area contributed by atoms with Crippen molar-refractivity contribution in [1.82, 2.24) is 13.7 Å². The number of ketones is 1. The number of hydrogen-bond acceptors (Lipinski definition) is 5.